The van der Waals surface area contributed by atoms with Crippen LogP contribution >= 0.6 is 0 Å². The van der Waals surface area contributed by atoms with Gasteiger partial charge < -0.3 is 4.74 Å². The first-order valence-electron chi connectivity index (χ1n) is 3.24. The normalized spacial score (nSPS) is 18.5. The molecule has 0 aromatic heterocycles. The number of hydrogen-bond acceptors (Lipinski definition) is 1. The maximum atomic E-state index is 12.1. The van der Waals surface area contributed by atoms with Gasteiger partial charge in [0.25, 0.3) is 24.6 Å². The van der Waals surface area contributed by atoms with Crippen molar-refractivity contribution in [2.24, 2.45) is 0 Å². The average molecular weight is 210 g/mol. The first kappa shape index (κ1) is 12.5. The van der Waals surface area contributed by atoms with Crippen molar-refractivity contribution in [3.8, 4) is 0 Å². The number of ether oxygens (including phenoxy) is 1. The molecule has 0 heterocycles. The highest BCUT2D eigenvalue weighted by Gasteiger charge is 2.43. The standard InChI is InChI=1S/C6H8F6O/c1-5(9,10)3(7)13-4(8)6(2,11)12/h3-4H,1-2H3/t3-,4+. The minimum absolute atomic E-state index is 0.0954. The van der Waals surface area contributed by atoms with Crippen molar-refractivity contribution in [3.63, 3.8) is 0 Å². The van der Waals surface area contributed by atoms with E-state index in [9.17, 15) is 26.3 Å². The van der Waals surface area contributed by atoms with Gasteiger partial charge in [0.15, 0.2) is 0 Å². The molecule has 0 saturated heterocycles. The molecule has 0 spiro atoms. The molecule has 0 aliphatic rings. The van der Waals surface area contributed by atoms with Crippen LogP contribution in [0.5, 0.6) is 0 Å². The minimum Gasteiger partial charge on any atom is -0.303 e. The lowest BCUT2D eigenvalue weighted by molar-refractivity contribution is -0.279. The van der Waals surface area contributed by atoms with Gasteiger partial charge in [0.05, 0.1) is 0 Å². The van der Waals surface area contributed by atoms with Crippen LogP contribution in [0.3, 0.4) is 0 Å². The second kappa shape index (κ2) is 3.73. The van der Waals surface area contributed by atoms with Crippen molar-refractivity contribution in [2.75, 3.05) is 0 Å². The summed E-state index contributed by atoms with van der Waals surface area (Å²) in [4.78, 5) is 0. The van der Waals surface area contributed by atoms with Crippen LogP contribution in [0.1, 0.15) is 13.8 Å². The van der Waals surface area contributed by atoms with Gasteiger partial charge in [-0.05, 0) is 0 Å². The van der Waals surface area contributed by atoms with Crippen molar-refractivity contribution < 1.29 is 31.1 Å². The van der Waals surface area contributed by atoms with Gasteiger partial charge in [-0.25, -0.2) is 26.3 Å². The molecule has 0 unspecified atom stereocenters. The van der Waals surface area contributed by atoms with Crippen LogP contribution in [0, 0.1) is 0 Å². The molecule has 1 nitrogen and oxygen atoms in total. The lowest BCUT2D eigenvalue weighted by Crippen LogP contribution is -2.37. The van der Waals surface area contributed by atoms with E-state index < -0.39 is 24.6 Å². The first-order valence-corrected chi connectivity index (χ1v) is 3.24. The fourth-order valence-electron chi connectivity index (χ4n) is 0.344. The first-order chi connectivity index (χ1) is 5.55. The molecule has 0 saturated carbocycles. The maximum Gasteiger partial charge on any atom is 0.300 e. The molecule has 0 bridgehead atoms. The van der Waals surface area contributed by atoms with Gasteiger partial charge in [-0.15, -0.1) is 0 Å². The zero-order valence-corrected chi connectivity index (χ0v) is 6.83. The van der Waals surface area contributed by atoms with Gasteiger partial charge in [0, 0.05) is 13.8 Å². The van der Waals surface area contributed by atoms with Crippen LogP contribution in [0.15, 0.2) is 0 Å². The lowest BCUT2D eigenvalue weighted by Gasteiger charge is -2.21. The maximum absolute atomic E-state index is 12.1. The van der Waals surface area contributed by atoms with E-state index in [2.05, 4.69) is 4.74 Å². The fourth-order valence-corrected chi connectivity index (χ4v) is 0.344. The SMILES string of the molecule is CC(F)(F)[C@H](F)O[C@H](F)C(C)(F)F. The monoisotopic (exact) mass is 210 g/mol. The molecule has 0 aromatic carbocycles. The summed E-state index contributed by atoms with van der Waals surface area (Å²) >= 11 is 0. The van der Waals surface area contributed by atoms with Gasteiger partial charge in [0.2, 0.25) is 0 Å². The zero-order valence-electron chi connectivity index (χ0n) is 6.83. The summed E-state index contributed by atoms with van der Waals surface area (Å²) in [6, 6.07) is 0. The molecule has 0 radical (unpaired) electrons. The Bertz CT molecular complexity index is 141. The van der Waals surface area contributed by atoms with Gasteiger partial charge >= 0.3 is 0 Å². The minimum atomic E-state index is -4.00. The topological polar surface area (TPSA) is 9.23 Å². The van der Waals surface area contributed by atoms with Crippen LogP contribution < -0.4 is 0 Å². The van der Waals surface area contributed by atoms with E-state index in [4.69, 9.17) is 0 Å². The quantitative estimate of drug-likeness (QED) is 0.648. The molecule has 0 amide bonds. The second-order valence-corrected chi connectivity index (χ2v) is 2.68. The third-order valence-corrected chi connectivity index (χ3v) is 1.04. The Kier molecular flexibility index (Phi) is 3.60. The summed E-state index contributed by atoms with van der Waals surface area (Å²) in [5.74, 6) is -8.01. The number of alkyl halides is 6. The lowest BCUT2D eigenvalue weighted by atomic mass is 10.3. The Morgan fingerprint density at radius 3 is 1.23 bits per heavy atom. The van der Waals surface area contributed by atoms with E-state index >= 15 is 0 Å². The Hall–Kier alpha value is -0.460. The summed E-state index contributed by atoms with van der Waals surface area (Å²) in [6.45, 7) is 0.191. The van der Waals surface area contributed by atoms with Crippen LogP contribution in [-0.4, -0.2) is 24.6 Å². The molecule has 0 aromatic rings. The van der Waals surface area contributed by atoms with Crippen LogP contribution in [0.25, 0.3) is 0 Å². The third kappa shape index (κ3) is 4.35. The largest absolute Gasteiger partial charge is 0.303 e. The van der Waals surface area contributed by atoms with E-state index in [1.807, 2.05) is 0 Å². The van der Waals surface area contributed by atoms with E-state index in [0.717, 1.165) is 0 Å². The smallest absolute Gasteiger partial charge is 0.300 e. The Labute approximate surface area is 70.7 Å². The molecule has 0 aliphatic heterocycles. The Morgan fingerprint density at radius 1 is 0.846 bits per heavy atom. The summed E-state index contributed by atoms with van der Waals surface area (Å²) in [6.07, 6.45) is -6.76. The molecular formula is C6H8F6O. The summed E-state index contributed by atoms with van der Waals surface area (Å²) in [5.41, 5.74) is 0. The molecular weight excluding hydrogens is 202 g/mol. The Balaban J connectivity index is 4.15. The van der Waals surface area contributed by atoms with Crippen molar-refractivity contribution >= 4 is 0 Å². The zero-order chi connectivity index (χ0) is 10.9. The summed E-state index contributed by atoms with van der Waals surface area (Å²) in [7, 11) is 0. The van der Waals surface area contributed by atoms with Crippen molar-refractivity contribution in [1.82, 2.24) is 0 Å². The highest BCUT2D eigenvalue weighted by atomic mass is 19.3. The number of rotatable bonds is 4. The van der Waals surface area contributed by atoms with Crippen LogP contribution in [-0.2, 0) is 4.74 Å². The predicted octanol–water partition coefficient (Wildman–Crippen LogP) is 2.90. The molecule has 13 heavy (non-hydrogen) atoms. The van der Waals surface area contributed by atoms with E-state index in [1.54, 1.807) is 0 Å². The van der Waals surface area contributed by atoms with E-state index in [-0.39, 0.29) is 13.8 Å². The van der Waals surface area contributed by atoms with Crippen molar-refractivity contribution in [3.05, 3.63) is 0 Å². The predicted molar refractivity (Wildman–Crippen MR) is 32.1 cm³/mol. The highest BCUT2D eigenvalue weighted by Crippen LogP contribution is 2.28. The highest BCUT2D eigenvalue weighted by molar-refractivity contribution is 4.67. The van der Waals surface area contributed by atoms with Gasteiger partial charge in [-0.1, -0.05) is 0 Å². The average Bonchev–Trinajstić information content (AvgIpc) is 1.82. The Morgan fingerprint density at radius 2 is 1.08 bits per heavy atom. The van der Waals surface area contributed by atoms with Crippen LogP contribution in [0.4, 0.5) is 26.3 Å². The molecule has 0 N–H and O–H groups in total. The number of halogens is 6. The fraction of sp³-hybridized carbons (Fsp3) is 1.00. The molecule has 0 rings (SSSR count). The van der Waals surface area contributed by atoms with Crippen LogP contribution in [0.2, 0.25) is 0 Å². The second-order valence-electron chi connectivity index (χ2n) is 2.68. The van der Waals surface area contributed by atoms with Crippen molar-refractivity contribution in [2.45, 2.75) is 38.4 Å². The van der Waals surface area contributed by atoms with E-state index in [0.29, 0.717) is 0 Å². The van der Waals surface area contributed by atoms with Gasteiger partial charge in [-0.3, -0.25) is 0 Å². The molecule has 2 atom stereocenters. The van der Waals surface area contributed by atoms with E-state index in [1.165, 1.54) is 0 Å². The summed E-state index contributed by atoms with van der Waals surface area (Å²) in [5, 5.41) is 0. The number of hydrogen-bond donors (Lipinski definition) is 0. The van der Waals surface area contributed by atoms with Crippen molar-refractivity contribution in [1.29, 1.82) is 0 Å². The van der Waals surface area contributed by atoms with Gasteiger partial charge in [-0.2, -0.15) is 0 Å². The molecule has 0 aliphatic carbocycles. The van der Waals surface area contributed by atoms with Gasteiger partial charge in [0.1, 0.15) is 0 Å². The molecule has 0 fully saturated rings. The summed E-state index contributed by atoms with van der Waals surface area (Å²) < 4.78 is 75.2. The molecule has 80 valence electrons. The molecule has 7 heteroatoms. The third-order valence-electron chi connectivity index (χ3n) is 1.04.